The molecule has 0 fully saturated rings. The maximum Gasteiger partial charge on any atom is 0.148 e. The van der Waals surface area contributed by atoms with Crippen molar-refractivity contribution < 1.29 is 4.39 Å². The second-order valence-corrected chi connectivity index (χ2v) is 3.78. The lowest BCUT2D eigenvalue weighted by atomic mass is 10.2. The number of rotatable bonds is 5. The normalized spacial score (nSPS) is 10.4. The number of nitrogens with two attached hydrogens (primary N) is 1. The fraction of sp³-hybridized carbons (Fsp3) is 0.250. The first-order chi connectivity index (χ1) is 8.27. The van der Waals surface area contributed by atoms with Crippen LogP contribution in [0.3, 0.4) is 0 Å². The lowest BCUT2D eigenvalue weighted by Crippen LogP contribution is -2.08. The molecule has 17 heavy (non-hydrogen) atoms. The van der Waals surface area contributed by atoms with Crippen molar-refractivity contribution in [3.8, 4) is 0 Å². The summed E-state index contributed by atoms with van der Waals surface area (Å²) in [5.41, 5.74) is 6.43. The van der Waals surface area contributed by atoms with Crippen LogP contribution in [0.2, 0.25) is 0 Å². The van der Waals surface area contributed by atoms with Gasteiger partial charge in [-0.15, -0.1) is 0 Å². The Hall–Kier alpha value is -2.04. The van der Waals surface area contributed by atoms with Gasteiger partial charge in [0, 0.05) is 25.5 Å². The molecule has 5 heteroatoms. The SMILES string of the molecule is Nc1c(F)cccc1NCCCn1ccnc1. The van der Waals surface area contributed by atoms with Crippen molar-refractivity contribution in [2.75, 3.05) is 17.6 Å². The predicted octanol–water partition coefficient (Wildman–Crippen LogP) is 2.11. The van der Waals surface area contributed by atoms with E-state index in [-0.39, 0.29) is 11.5 Å². The van der Waals surface area contributed by atoms with Crippen LogP contribution in [0.25, 0.3) is 0 Å². The number of nitrogens with one attached hydrogen (secondary N) is 1. The number of benzene rings is 1. The van der Waals surface area contributed by atoms with Crippen LogP contribution in [0, 0.1) is 5.82 Å². The maximum atomic E-state index is 13.1. The van der Waals surface area contributed by atoms with Crippen molar-refractivity contribution in [2.45, 2.75) is 13.0 Å². The summed E-state index contributed by atoms with van der Waals surface area (Å²) in [5.74, 6) is -0.385. The number of nitrogens with zero attached hydrogens (tertiary/aromatic N) is 2. The zero-order valence-electron chi connectivity index (χ0n) is 9.44. The van der Waals surface area contributed by atoms with Crippen LogP contribution in [-0.4, -0.2) is 16.1 Å². The van der Waals surface area contributed by atoms with Crippen LogP contribution >= 0.6 is 0 Å². The van der Waals surface area contributed by atoms with Crippen LogP contribution in [0.1, 0.15) is 6.42 Å². The zero-order chi connectivity index (χ0) is 12.1. The molecule has 0 atom stereocenters. The fourth-order valence-electron chi connectivity index (χ4n) is 1.59. The largest absolute Gasteiger partial charge is 0.395 e. The molecule has 90 valence electrons. The van der Waals surface area contributed by atoms with Crippen LogP contribution in [0.15, 0.2) is 36.9 Å². The highest BCUT2D eigenvalue weighted by Gasteiger charge is 2.02. The van der Waals surface area contributed by atoms with Gasteiger partial charge in [0.1, 0.15) is 5.82 Å². The van der Waals surface area contributed by atoms with E-state index in [1.165, 1.54) is 6.07 Å². The van der Waals surface area contributed by atoms with Gasteiger partial charge in [0.2, 0.25) is 0 Å². The van der Waals surface area contributed by atoms with Crippen molar-refractivity contribution in [1.29, 1.82) is 0 Å². The molecule has 2 rings (SSSR count). The van der Waals surface area contributed by atoms with E-state index in [0.29, 0.717) is 5.69 Å². The third-order valence-electron chi connectivity index (χ3n) is 2.52. The number of aryl methyl sites for hydroxylation is 1. The van der Waals surface area contributed by atoms with Crippen LogP contribution in [-0.2, 0) is 6.54 Å². The molecule has 0 aliphatic rings. The molecule has 0 amide bonds. The molecule has 1 aromatic heterocycles. The maximum absolute atomic E-state index is 13.1. The molecular weight excluding hydrogens is 219 g/mol. The van der Waals surface area contributed by atoms with Gasteiger partial charge in [0.15, 0.2) is 0 Å². The van der Waals surface area contributed by atoms with E-state index in [4.69, 9.17) is 5.73 Å². The molecule has 0 saturated carbocycles. The zero-order valence-corrected chi connectivity index (χ0v) is 9.44. The first kappa shape index (κ1) is 11.4. The van der Waals surface area contributed by atoms with Crippen molar-refractivity contribution >= 4 is 11.4 Å². The van der Waals surface area contributed by atoms with Gasteiger partial charge in [-0.25, -0.2) is 9.37 Å². The molecule has 0 aliphatic heterocycles. The Bertz CT molecular complexity index is 467. The second kappa shape index (κ2) is 5.34. The Kier molecular flexibility index (Phi) is 3.59. The Labute approximate surface area is 99.3 Å². The van der Waals surface area contributed by atoms with Gasteiger partial charge in [0.05, 0.1) is 17.7 Å². The Balaban J connectivity index is 1.80. The van der Waals surface area contributed by atoms with Gasteiger partial charge in [-0.1, -0.05) is 6.07 Å². The third kappa shape index (κ3) is 2.96. The number of imidazole rings is 1. The molecule has 3 N–H and O–H groups in total. The summed E-state index contributed by atoms with van der Waals surface area (Å²) in [6, 6.07) is 4.77. The van der Waals surface area contributed by atoms with E-state index in [9.17, 15) is 4.39 Å². The Morgan fingerprint density at radius 3 is 3.06 bits per heavy atom. The average Bonchev–Trinajstić information content (AvgIpc) is 2.83. The minimum Gasteiger partial charge on any atom is -0.395 e. The summed E-state index contributed by atoms with van der Waals surface area (Å²) in [4.78, 5) is 3.96. The van der Waals surface area contributed by atoms with Crippen molar-refractivity contribution in [3.63, 3.8) is 0 Å². The molecule has 4 nitrogen and oxygen atoms in total. The molecule has 0 aliphatic carbocycles. The number of halogens is 1. The number of aromatic nitrogens is 2. The van der Waals surface area contributed by atoms with E-state index in [0.717, 1.165) is 19.5 Å². The van der Waals surface area contributed by atoms with Crippen LogP contribution in [0.4, 0.5) is 15.8 Å². The molecule has 2 aromatic rings. The highest BCUT2D eigenvalue weighted by atomic mass is 19.1. The molecule has 0 radical (unpaired) electrons. The standard InChI is InChI=1S/C12H15FN4/c13-10-3-1-4-11(12(10)14)16-5-2-7-17-8-6-15-9-17/h1,3-4,6,8-9,16H,2,5,7,14H2. The lowest BCUT2D eigenvalue weighted by molar-refractivity contribution is 0.632. The van der Waals surface area contributed by atoms with E-state index in [2.05, 4.69) is 10.3 Å². The fourth-order valence-corrected chi connectivity index (χ4v) is 1.59. The second-order valence-electron chi connectivity index (χ2n) is 3.78. The van der Waals surface area contributed by atoms with Crippen molar-refractivity contribution in [2.24, 2.45) is 0 Å². The highest BCUT2D eigenvalue weighted by molar-refractivity contribution is 5.66. The smallest absolute Gasteiger partial charge is 0.148 e. The van der Waals surface area contributed by atoms with E-state index in [1.807, 2.05) is 10.8 Å². The average molecular weight is 234 g/mol. The quantitative estimate of drug-likeness (QED) is 0.615. The van der Waals surface area contributed by atoms with Gasteiger partial charge >= 0.3 is 0 Å². The highest BCUT2D eigenvalue weighted by Crippen LogP contribution is 2.20. The molecule has 0 saturated heterocycles. The van der Waals surface area contributed by atoms with Crippen molar-refractivity contribution in [1.82, 2.24) is 9.55 Å². The lowest BCUT2D eigenvalue weighted by Gasteiger charge is -2.09. The Morgan fingerprint density at radius 2 is 2.29 bits per heavy atom. The Morgan fingerprint density at radius 1 is 1.41 bits per heavy atom. The van der Waals surface area contributed by atoms with E-state index < -0.39 is 0 Å². The summed E-state index contributed by atoms with van der Waals surface area (Å²) in [7, 11) is 0. The van der Waals surface area contributed by atoms with E-state index >= 15 is 0 Å². The molecule has 0 bridgehead atoms. The summed E-state index contributed by atoms with van der Waals surface area (Å²) in [5, 5.41) is 3.12. The number of nitrogen functional groups attached to an aromatic ring is 1. The number of para-hydroxylation sites is 1. The molecule has 1 aromatic carbocycles. The van der Waals surface area contributed by atoms with E-state index in [1.54, 1.807) is 24.7 Å². The molecular formula is C12H15FN4. The number of hydrogen-bond donors (Lipinski definition) is 2. The van der Waals surface area contributed by atoms with Crippen LogP contribution < -0.4 is 11.1 Å². The minimum atomic E-state index is -0.385. The summed E-state index contributed by atoms with van der Waals surface area (Å²) >= 11 is 0. The summed E-state index contributed by atoms with van der Waals surface area (Å²) in [6.45, 7) is 1.62. The number of anilines is 2. The van der Waals surface area contributed by atoms with Crippen molar-refractivity contribution in [3.05, 3.63) is 42.7 Å². The van der Waals surface area contributed by atoms with Gasteiger partial charge in [-0.2, -0.15) is 0 Å². The summed E-state index contributed by atoms with van der Waals surface area (Å²) in [6.07, 6.45) is 6.36. The first-order valence-corrected chi connectivity index (χ1v) is 5.51. The first-order valence-electron chi connectivity index (χ1n) is 5.51. The van der Waals surface area contributed by atoms with Gasteiger partial charge in [-0.3, -0.25) is 0 Å². The molecule has 0 unspecified atom stereocenters. The van der Waals surface area contributed by atoms with Crippen LogP contribution in [0.5, 0.6) is 0 Å². The van der Waals surface area contributed by atoms with Gasteiger partial charge in [-0.05, 0) is 18.6 Å². The molecule has 1 heterocycles. The summed E-state index contributed by atoms with van der Waals surface area (Å²) < 4.78 is 15.1. The topological polar surface area (TPSA) is 55.9 Å². The minimum absolute atomic E-state index is 0.176. The van der Waals surface area contributed by atoms with Gasteiger partial charge in [0.25, 0.3) is 0 Å². The number of hydrogen-bond acceptors (Lipinski definition) is 3. The monoisotopic (exact) mass is 234 g/mol. The van der Waals surface area contributed by atoms with Gasteiger partial charge < -0.3 is 15.6 Å². The predicted molar refractivity (Wildman–Crippen MR) is 66.1 cm³/mol. The molecule has 0 spiro atoms. The third-order valence-corrected chi connectivity index (χ3v) is 2.52.